The maximum atomic E-state index is 12.9. The highest BCUT2D eigenvalue weighted by Gasteiger charge is 2.30. The van der Waals surface area contributed by atoms with E-state index in [2.05, 4.69) is 36.1 Å². The molecule has 1 fully saturated rings. The molecule has 1 saturated heterocycles. The van der Waals surface area contributed by atoms with Gasteiger partial charge in [-0.25, -0.2) is 13.4 Å². The summed E-state index contributed by atoms with van der Waals surface area (Å²) in [5.41, 5.74) is 3.19. The number of aryl methyl sites for hydroxylation is 1. The molecular formula is C21H22N4O4S2. The van der Waals surface area contributed by atoms with E-state index in [0.717, 1.165) is 23.3 Å². The molecule has 0 saturated carbocycles. The van der Waals surface area contributed by atoms with Crippen molar-refractivity contribution in [2.24, 2.45) is 0 Å². The van der Waals surface area contributed by atoms with Gasteiger partial charge >= 0.3 is 0 Å². The van der Waals surface area contributed by atoms with Crippen LogP contribution in [0.15, 0.2) is 58.8 Å². The first kappa shape index (κ1) is 21.4. The minimum absolute atomic E-state index is 0.0511. The highest BCUT2D eigenvalue weighted by atomic mass is 32.2. The van der Waals surface area contributed by atoms with Crippen molar-refractivity contribution in [2.75, 3.05) is 31.1 Å². The standard InChI is InChI=1S/C21H22N4O4S2/c1-16-5-7-17(8-6-16)13-18-15-30-21(22-18)23-9-11-24(12-10-23)31(28,29)20-4-2-3-19(14-20)25(26)27/h2-8,14-15H,9-13H2,1H3. The fraction of sp³-hybridized carbons (Fsp3) is 0.286. The summed E-state index contributed by atoms with van der Waals surface area (Å²) in [7, 11) is -3.78. The Kier molecular flexibility index (Phi) is 6.03. The van der Waals surface area contributed by atoms with E-state index in [0.29, 0.717) is 26.2 Å². The van der Waals surface area contributed by atoms with Crippen LogP contribution in [0.1, 0.15) is 16.8 Å². The van der Waals surface area contributed by atoms with Crippen LogP contribution in [0.4, 0.5) is 10.8 Å². The van der Waals surface area contributed by atoms with Gasteiger partial charge in [-0.2, -0.15) is 4.31 Å². The van der Waals surface area contributed by atoms with Crippen LogP contribution in [0.5, 0.6) is 0 Å². The highest BCUT2D eigenvalue weighted by Crippen LogP contribution is 2.26. The van der Waals surface area contributed by atoms with Gasteiger partial charge in [0.15, 0.2) is 5.13 Å². The van der Waals surface area contributed by atoms with Crippen molar-refractivity contribution < 1.29 is 13.3 Å². The maximum Gasteiger partial charge on any atom is 0.270 e. The van der Waals surface area contributed by atoms with Crippen molar-refractivity contribution in [1.82, 2.24) is 9.29 Å². The Morgan fingerprint density at radius 3 is 2.48 bits per heavy atom. The van der Waals surface area contributed by atoms with Gasteiger partial charge in [0.05, 0.1) is 15.5 Å². The third-order valence-corrected chi connectivity index (χ3v) is 8.07. The number of nitro benzene ring substituents is 1. The molecule has 162 valence electrons. The Morgan fingerprint density at radius 1 is 1.10 bits per heavy atom. The summed E-state index contributed by atoms with van der Waals surface area (Å²) in [5, 5.41) is 13.9. The van der Waals surface area contributed by atoms with E-state index in [9.17, 15) is 18.5 Å². The lowest BCUT2D eigenvalue weighted by atomic mass is 10.1. The molecular weight excluding hydrogens is 436 g/mol. The van der Waals surface area contributed by atoms with Gasteiger partial charge in [-0.05, 0) is 18.6 Å². The molecule has 0 atom stereocenters. The SMILES string of the molecule is Cc1ccc(Cc2csc(N3CCN(S(=O)(=O)c4cccc([N+](=O)[O-])c4)CC3)n2)cc1. The van der Waals surface area contributed by atoms with Gasteiger partial charge in [-0.15, -0.1) is 11.3 Å². The Hall–Kier alpha value is -2.82. The summed E-state index contributed by atoms with van der Waals surface area (Å²) < 4.78 is 27.2. The van der Waals surface area contributed by atoms with Crippen molar-refractivity contribution >= 4 is 32.2 Å². The smallest absolute Gasteiger partial charge is 0.270 e. The molecule has 0 aliphatic carbocycles. The van der Waals surface area contributed by atoms with Gasteiger partial charge in [-0.3, -0.25) is 10.1 Å². The lowest BCUT2D eigenvalue weighted by Crippen LogP contribution is -2.48. The number of nitro groups is 1. The zero-order valence-corrected chi connectivity index (χ0v) is 18.6. The van der Waals surface area contributed by atoms with Gasteiger partial charge in [-0.1, -0.05) is 35.9 Å². The first-order valence-electron chi connectivity index (χ1n) is 9.82. The average Bonchev–Trinajstić information content (AvgIpc) is 3.24. The van der Waals surface area contributed by atoms with Crippen LogP contribution in [0, 0.1) is 17.0 Å². The number of anilines is 1. The normalized spacial score (nSPS) is 15.2. The molecule has 4 rings (SSSR count). The lowest BCUT2D eigenvalue weighted by Gasteiger charge is -2.33. The van der Waals surface area contributed by atoms with Crippen molar-refractivity contribution in [3.63, 3.8) is 0 Å². The molecule has 2 heterocycles. The van der Waals surface area contributed by atoms with Gasteiger partial charge in [0.1, 0.15) is 0 Å². The monoisotopic (exact) mass is 458 g/mol. The van der Waals surface area contributed by atoms with E-state index in [4.69, 9.17) is 4.98 Å². The number of non-ortho nitro benzene ring substituents is 1. The number of sulfonamides is 1. The second-order valence-corrected chi connectivity index (χ2v) is 10.2. The zero-order chi connectivity index (χ0) is 22.0. The Balaban J connectivity index is 1.40. The van der Waals surface area contributed by atoms with Gasteiger partial charge in [0.25, 0.3) is 5.69 Å². The fourth-order valence-corrected chi connectivity index (χ4v) is 5.81. The molecule has 0 unspecified atom stereocenters. The Bertz CT molecular complexity index is 1180. The lowest BCUT2D eigenvalue weighted by molar-refractivity contribution is -0.385. The van der Waals surface area contributed by atoms with E-state index in [1.807, 2.05) is 5.38 Å². The summed E-state index contributed by atoms with van der Waals surface area (Å²) in [6.45, 7) is 3.71. The summed E-state index contributed by atoms with van der Waals surface area (Å²) in [4.78, 5) is 17.1. The Labute approximate surface area is 185 Å². The molecule has 1 aliphatic heterocycles. The molecule has 0 amide bonds. The number of nitrogens with zero attached hydrogens (tertiary/aromatic N) is 4. The van der Waals surface area contributed by atoms with Gasteiger partial charge < -0.3 is 4.90 Å². The molecule has 1 aromatic heterocycles. The van der Waals surface area contributed by atoms with Crippen molar-refractivity contribution in [3.05, 3.63) is 80.8 Å². The number of piperazine rings is 1. The van der Waals surface area contributed by atoms with Crippen LogP contribution in [0.3, 0.4) is 0 Å². The topological polar surface area (TPSA) is 96.7 Å². The minimum Gasteiger partial charge on any atom is -0.345 e. The van der Waals surface area contributed by atoms with Crippen molar-refractivity contribution in [2.45, 2.75) is 18.2 Å². The third-order valence-electron chi connectivity index (χ3n) is 5.22. The summed E-state index contributed by atoms with van der Waals surface area (Å²) >= 11 is 1.56. The van der Waals surface area contributed by atoms with Crippen LogP contribution in [-0.4, -0.2) is 48.8 Å². The average molecular weight is 459 g/mol. The predicted octanol–water partition coefficient (Wildman–Crippen LogP) is 3.46. The second kappa shape index (κ2) is 8.74. The van der Waals surface area contributed by atoms with E-state index < -0.39 is 14.9 Å². The number of aromatic nitrogens is 1. The first-order chi connectivity index (χ1) is 14.8. The van der Waals surface area contributed by atoms with E-state index in [1.54, 1.807) is 11.3 Å². The van der Waals surface area contributed by atoms with Crippen LogP contribution in [-0.2, 0) is 16.4 Å². The molecule has 1 aliphatic rings. The molecule has 0 N–H and O–H groups in total. The molecule has 31 heavy (non-hydrogen) atoms. The number of rotatable bonds is 6. The summed E-state index contributed by atoms with van der Waals surface area (Å²) in [6.07, 6.45) is 0.762. The van der Waals surface area contributed by atoms with Gasteiger partial charge in [0, 0.05) is 50.1 Å². The van der Waals surface area contributed by atoms with E-state index in [-0.39, 0.29) is 10.6 Å². The molecule has 3 aromatic rings. The fourth-order valence-electron chi connectivity index (χ4n) is 3.46. The van der Waals surface area contributed by atoms with Crippen LogP contribution in [0.25, 0.3) is 0 Å². The first-order valence-corrected chi connectivity index (χ1v) is 12.1. The molecule has 0 spiro atoms. The third kappa shape index (κ3) is 4.76. The summed E-state index contributed by atoms with van der Waals surface area (Å²) in [6, 6.07) is 13.6. The predicted molar refractivity (Wildman–Crippen MR) is 120 cm³/mol. The van der Waals surface area contributed by atoms with Crippen LogP contribution >= 0.6 is 11.3 Å². The highest BCUT2D eigenvalue weighted by molar-refractivity contribution is 7.89. The van der Waals surface area contributed by atoms with E-state index >= 15 is 0 Å². The minimum atomic E-state index is -3.78. The van der Waals surface area contributed by atoms with E-state index in [1.165, 1.54) is 33.6 Å². The quantitative estimate of drug-likeness (QED) is 0.415. The van der Waals surface area contributed by atoms with Crippen LogP contribution < -0.4 is 4.90 Å². The summed E-state index contributed by atoms with van der Waals surface area (Å²) in [5.74, 6) is 0. The number of hydrogen-bond donors (Lipinski definition) is 0. The molecule has 10 heteroatoms. The maximum absolute atomic E-state index is 12.9. The molecule has 2 aromatic carbocycles. The van der Waals surface area contributed by atoms with Gasteiger partial charge in [0.2, 0.25) is 10.0 Å². The number of thiazole rings is 1. The molecule has 0 bridgehead atoms. The van der Waals surface area contributed by atoms with Crippen molar-refractivity contribution in [3.8, 4) is 0 Å². The van der Waals surface area contributed by atoms with Crippen molar-refractivity contribution in [1.29, 1.82) is 0 Å². The molecule has 8 nitrogen and oxygen atoms in total. The number of benzene rings is 2. The second-order valence-electron chi connectivity index (χ2n) is 7.43. The largest absolute Gasteiger partial charge is 0.345 e. The zero-order valence-electron chi connectivity index (χ0n) is 17.0. The van der Waals surface area contributed by atoms with Crippen LogP contribution in [0.2, 0.25) is 0 Å². The molecule has 0 radical (unpaired) electrons. The number of hydrogen-bond acceptors (Lipinski definition) is 7. The Morgan fingerprint density at radius 2 is 1.81 bits per heavy atom.